The number of hydrogen-bond acceptors (Lipinski definition) is 7. The summed E-state index contributed by atoms with van der Waals surface area (Å²) in [5.41, 5.74) is 0.790. The van der Waals surface area contributed by atoms with Crippen LogP contribution in [0.15, 0.2) is 47.5 Å². The van der Waals surface area contributed by atoms with Crippen molar-refractivity contribution in [2.45, 2.75) is 213 Å². The van der Waals surface area contributed by atoms with Gasteiger partial charge in [0.1, 0.15) is 24.1 Å². The molecule has 10 nitrogen and oxygen atoms in total. The zero-order valence-electron chi connectivity index (χ0n) is 41.3. The van der Waals surface area contributed by atoms with Crippen LogP contribution in [0.3, 0.4) is 0 Å². The second-order valence-corrected chi connectivity index (χ2v) is 17.3. The summed E-state index contributed by atoms with van der Waals surface area (Å²) in [5, 5.41) is 8.72. The first kappa shape index (κ1) is 58.4. The molecule has 3 amide bonds. The third-order valence-electron chi connectivity index (χ3n) is 11.3. The van der Waals surface area contributed by atoms with Crippen molar-refractivity contribution in [3.8, 4) is 11.5 Å². The maximum absolute atomic E-state index is 13.3. The highest BCUT2D eigenvalue weighted by molar-refractivity contribution is 5.88. The molecule has 0 aromatic heterocycles. The zero-order chi connectivity index (χ0) is 46.4. The number of aliphatic imine (C=N–C) groups is 1. The van der Waals surface area contributed by atoms with E-state index in [0.717, 1.165) is 69.8 Å². The number of carbonyl (C=O) groups is 3. The predicted octanol–water partition coefficient (Wildman–Crippen LogP) is 12.7. The van der Waals surface area contributed by atoms with Crippen LogP contribution in [0, 0.1) is 0 Å². The van der Waals surface area contributed by atoms with E-state index in [9.17, 15) is 14.4 Å². The summed E-state index contributed by atoms with van der Waals surface area (Å²) in [6, 6.07) is 4.70. The monoisotopic (exact) mass is 895 g/mol. The molecule has 1 aromatic rings. The van der Waals surface area contributed by atoms with Crippen molar-refractivity contribution in [1.82, 2.24) is 16.0 Å². The molecule has 0 aliphatic carbocycles. The van der Waals surface area contributed by atoms with Crippen molar-refractivity contribution in [1.29, 1.82) is 0 Å². The molecule has 0 saturated heterocycles. The second kappa shape index (κ2) is 44.5. The summed E-state index contributed by atoms with van der Waals surface area (Å²) in [6.07, 6.45) is 43.9. The highest BCUT2D eigenvalue weighted by Gasteiger charge is 2.21. The van der Waals surface area contributed by atoms with Gasteiger partial charge in [0.15, 0.2) is 0 Å². The third-order valence-corrected chi connectivity index (χ3v) is 11.3. The van der Waals surface area contributed by atoms with E-state index in [-0.39, 0.29) is 30.8 Å². The smallest absolute Gasteiger partial charge is 0.244 e. The van der Waals surface area contributed by atoms with Crippen LogP contribution in [0.2, 0.25) is 0 Å². The predicted molar refractivity (Wildman–Crippen MR) is 269 cm³/mol. The van der Waals surface area contributed by atoms with Crippen molar-refractivity contribution in [3.05, 3.63) is 48.1 Å². The molecule has 10 heteroatoms. The molecule has 0 aliphatic rings. The summed E-state index contributed by atoms with van der Waals surface area (Å²) in [4.78, 5) is 43.7. The maximum atomic E-state index is 13.3. The van der Waals surface area contributed by atoms with Crippen molar-refractivity contribution < 1.29 is 28.6 Å². The lowest BCUT2D eigenvalue weighted by Crippen LogP contribution is -2.53. The van der Waals surface area contributed by atoms with Crippen LogP contribution >= 0.6 is 0 Å². The number of carbonyl (C=O) groups excluding carboxylic acids is 3. The van der Waals surface area contributed by atoms with Crippen LogP contribution in [0.25, 0.3) is 0 Å². The van der Waals surface area contributed by atoms with Gasteiger partial charge in [0.05, 0.1) is 20.3 Å². The molecule has 0 fully saturated rings. The number of methoxy groups -OCH3 is 1. The number of amides is 3. The van der Waals surface area contributed by atoms with E-state index in [1.54, 1.807) is 13.3 Å². The third kappa shape index (κ3) is 35.7. The van der Waals surface area contributed by atoms with Crippen LogP contribution in [0.1, 0.15) is 213 Å². The lowest BCUT2D eigenvalue weighted by atomic mass is 10.1. The Labute approximate surface area is 391 Å². The van der Waals surface area contributed by atoms with Gasteiger partial charge in [0, 0.05) is 50.4 Å². The fourth-order valence-electron chi connectivity index (χ4n) is 7.38. The number of ether oxygens (including phenoxy) is 3. The number of unbranched alkanes of at least 4 members (excludes halogenated alkanes) is 22. The Bertz CT molecular complexity index is 1360. The quantitative estimate of drug-likeness (QED) is 0.0340. The first-order valence-corrected chi connectivity index (χ1v) is 26.0. The van der Waals surface area contributed by atoms with Gasteiger partial charge in [-0.15, -0.1) is 0 Å². The summed E-state index contributed by atoms with van der Waals surface area (Å²) < 4.78 is 16.8. The molecule has 1 unspecified atom stereocenters. The topological polar surface area (TPSA) is 127 Å². The molecule has 1 rings (SSSR count). The molecule has 0 radical (unpaired) electrons. The van der Waals surface area contributed by atoms with Crippen LogP contribution in [0.5, 0.6) is 11.5 Å². The van der Waals surface area contributed by atoms with Crippen LogP contribution in [-0.4, -0.2) is 76.5 Å². The molecule has 1 atom stereocenters. The molecule has 0 bridgehead atoms. The fourth-order valence-corrected chi connectivity index (χ4v) is 7.38. The number of nitrogens with one attached hydrogen (secondary N) is 3. The molecule has 64 heavy (non-hydrogen) atoms. The summed E-state index contributed by atoms with van der Waals surface area (Å²) in [5.74, 6) is 0.714. The molecule has 3 N–H and O–H groups in total. The van der Waals surface area contributed by atoms with Gasteiger partial charge in [-0.3, -0.25) is 19.4 Å². The average molecular weight is 895 g/mol. The Morgan fingerprint density at radius 3 is 1.64 bits per heavy atom. The Morgan fingerprint density at radius 1 is 0.594 bits per heavy atom. The Hall–Kier alpha value is -3.66. The highest BCUT2D eigenvalue weighted by atomic mass is 16.5. The van der Waals surface area contributed by atoms with E-state index in [1.165, 1.54) is 109 Å². The molecular weight excluding hydrogens is 801 g/mol. The minimum Gasteiger partial charge on any atom is -0.496 e. The van der Waals surface area contributed by atoms with Gasteiger partial charge >= 0.3 is 0 Å². The first-order valence-electron chi connectivity index (χ1n) is 26.0. The summed E-state index contributed by atoms with van der Waals surface area (Å²) in [6.45, 7) is 8.94. The van der Waals surface area contributed by atoms with Crippen molar-refractivity contribution in [2.24, 2.45) is 4.99 Å². The molecular formula is C54H94N4O6. The standard InChI is InChI=1S/C54H94N4O6/c1-5-8-10-12-14-16-18-20-22-24-26-28-30-32-34-36-52(59)57-47-50(58-53(60)37-35-33-31-29-27-25-23-21-19-17-15-13-11-9-6-2)54(61)56-41-40-55-46-48-38-39-49(45-51(48)62-4)64-44-43-63-42-7-3/h20-23,38-39,45-46,50H,5-19,24-37,40-44,47H2,1-4H3,(H,56,61)(H,57,59)(H,58,60)/b22-20-,23-21-,55-46?. The number of allylic oxidation sites excluding steroid dienone is 4. The van der Waals surface area contributed by atoms with E-state index >= 15 is 0 Å². The summed E-state index contributed by atoms with van der Waals surface area (Å²) in [7, 11) is 1.60. The van der Waals surface area contributed by atoms with E-state index in [1.807, 2.05) is 18.2 Å². The van der Waals surface area contributed by atoms with E-state index < -0.39 is 6.04 Å². The molecule has 1 aromatic carbocycles. The number of nitrogens with zero attached hydrogens (tertiary/aromatic N) is 1. The largest absolute Gasteiger partial charge is 0.496 e. The average Bonchev–Trinajstić information content (AvgIpc) is 3.30. The van der Waals surface area contributed by atoms with E-state index in [2.05, 4.69) is 66.0 Å². The number of hydrogen-bond donors (Lipinski definition) is 3. The molecule has 0 aliphatic heterocycles. The molecule has 0 spiro atoms. The Morgan fingerprint density at radius 2 is 1.11 bits per heavy atom. The van der Waals surface area contributed by atoms with E-state index in [0.29, 0.717) is 50.7 Å². The maximum Gasteiger partial charge on any atom is 0.244 e. The van der Waals surface area contributed by atoms with Gasteiger partial charge in [-0.25, -0.2) is 0 Å². The molecule has 0 saturated carbocycles. The van der Waals surface area contributed by atoms with Gasteiger partial charge in [0.25, 0.3) is 0 Å². The Kier molecular flexibility index (Phi) is 40.6. The minimum atomic E-state index is -0.863. The van der Waals surface area contributed by atoms with E-state index in [4.69, 9.17) is 14.2 Å². The van der Waals surface area contributed by atoms with Crippen LogP contribution < -0.4 is 25.4 Å². The SMILES string of the molecule is CCCCCCCC/C=C\CCCCCCCC(=O)NCC(NC(=O)CCCCCCC/C=C\CCCCCCCC)C(=O)NCCN=Cc1ccc(OCCOCCC)cc1OC. The molecule has 0 heterocycles. The van der Waals surface area contributed by atoms with Crippen molar-refractivity contribution in [3.63, 3.8) is 0 Å². The van der Waals surface area contributed by atoms with Gasteiger partial charge in [-0.05, 0) is 82.8 Å². The van der Waals surface area contributed by atoms with Crippen molar-refractivity contribution in [2.75, 3.05) is 46.6 Å². The zero-order valence-corrected chi connectivity index (χ0v) is 41.3. The van der Waals surface area contributed by atoms with Gasteiger partial charge < -0.3 is 30.2 Å². The normalized spacial score (nSPS) is 12.1. The number of rotatable bonds is 45. The van der Waals surface area contributed by atoms with Crippen LogP contribution in [0.4, 0.5) is 0 Å². The lowest BCUT2D eigenvalue weighted by Gasteiger charge is -2.19. The fraction of sp³-hybridized carbons (Fsp3) is 0.741. The Balaban J connectivity index is 2.50. The first-order chi connectivity index (χ1) is 31.4. The van der Waals surface area contributed by atoms with Gasteiger partial charge in [0.2, 0.25) is 17.7 Å². The van der Waals surface area contributed by atoms with Crippen LogP contribution in [-0.2, 0) is 19.1 Å². The second-order valence-electron chi connectivity index (χ2n) is 17.3. The number of benzene rings is 1. The van der Waals surface area contributed by atoms with Gasteiger partial charge in [-0.1, -0.05) is 148 Å². The lowest BCUT2D eigenvalue weighted by molar-refractivity contribution is -0.129. The van der Waals surface area contributed by atoms with Crippen molar-refractivity contribution >= 4 is 23.9 Å². The highest BCUT2D eigenvalue weighted by Crippen LogP contribution is 2.23. The minimum absolute atomic E-state index is 0.0491. The van der Waals surface area contributed by atoms with Gasteiger partial charge in [-0.2, -0.15) is 0 Å². The molecule has 366 valence electrons. The summed E-state index contributed by atoms with van der Waals surface area (Å²) >= 11 is 0.